The molecule has 0 aromatic carbocycles. The molecule has 2 N–H and O–H groups in total. The SMILES string of the molecule is Cc1cnn(CC2CCN(C(=O)C3(CN)CCOCC3)CC2)c1. The highest BCUT2D eigenvalue weighted by atomic mass is 16.5. The Kier molecular flexibility index (Phi) is 5.02. The molecule has 2 aliphatic rings. The smallest absolute Gasteiger partial charge is 0.230 e. The maximum atomic E-state index is 12.9. The number of piperidine rings is 1. The zero-order valence-electron chi connectivity index (χ0n) is 14.0. The van der Waals surface area contributed by atoms with Crippen LogP contribution in [0.2, 0.25) is 0 Å². The van der Waals surface area contributed by atoms with Gasteiger partial charge in [0.25, 0.3) is 0 Å². The van der Waals surface area contributed by atoms with E-state index in [4.69, 9.17) is 10.5 Å². The number of nitrogens with two attached hydrogens (primary N) is 1. The first-order valence-electron chi connectivity index (χ1n) is 8.69. The molecule has 128 valence electrons. The van der Waals surface area contributed by atoms with Gasteiger partial charge >= 0.3 is 0 Å². The highest BCUT2D eigenvalue weighted by molar-refractivity contribution is 5.83. The summed E-state index contributed by atoms with van der Waals surface area (Å²) in [6.45, 7) is 6.42. The number of carbonyl (C=O) groups excluding carboxylic acids is 1. The summed E-state index contributed by atoms with van der Waals surface area (Å²) in [5, 5.41) is 4.37. The van der Waals surface area contributed by atoms with Gasteiger partial charge in [-0.25, -0.2) is 0 Å². The first-order chi connectivity index (χ1) is 11.1. The zero-order chi connectivity index (χ0) is 16.3. The molecule has 6 heteroatoms. The van der Waals surface area contributed by atoms with Gasteiger partial charge in [0.1, 0.15) is 0 Å². The summed E-state index contributed by atoms with van der Waals surface area (Å²) in [5.74, 6) is 0.846. The molecule has 0 saturated carbocycles. The largest absolute Gasteiger partial charge is 0.381 e. The Labute approximate surface area is 138 Å². The maximum absolute atomic E-state index is 12.9. The van der Waals surface area contributed by atoms with Crippen LogP contribution >= 0.6 is 0 Å². The molecule has 3 rings (SSSR count). The number of rotatable bonds is 4. The highest BCUT2D eigenvalue weighted by Crippen LogP contribution is 2.33. The second kappa shape index (κ2) is 7.01. The molecule has 2 saturated heterocycles. The van der Waals surface area contributed by atoms with Gasteiger partial charge in [-0.2, -0.15) is 5.10 Å². The summed E-state index contributed by atoms with van der Waals surface area (Å²) in [6, 6.07) is 0. The van der Waals surface area contributed by atoms with Gasteiger partial charge in [0, 0.05) is 45.6 Å². The molecule has 6 nitrogen and oxygen atoms in total. The third-order valence-electron chi connectivity index (χ3n) is 5.40. The molecule has 0 radical (unpaired) electrons. The Morgan fingerprint density at radius 3 is 2.65 bits per heavy atom. The molecule has 1 amide bonds. The number of nitrogens with zero attached hydrogens (tertiary/aromatic N) is 3. The van der Waals surface area contributed by atoms with E-state index in [-0.39, 0.29) is 11.3 Å². The fourth-order valence-corrected chi connectivity index (χ4v) is 3.75. The lowest BCUT2D eigenvalue weighted by atomic mass is 9.78. The Morgan fingerprint density at radius 2 is 2.09 bits per heavy atom. The summed E-state index contributed by atoms with van der Waals surface area (Å²) in [7, 11) is 0. The predicted molar refractivity (Wildman–Crippen MR) is 87.8 cm³/mol. The van der Waals surface area contributed by atoms with Crippen molar-refractivity contribution in [3.05, 3.63) is 18.0 Å². The van der Waals surface area contributed by atoms with Crippen LogP contribution in [0.4, 0.5) is 0 Å². The second-order valence-electron chi connectivity index (χ2n) is 7.07. The quantitative estimate of drug-likeness (QED) is 0.904. The molecular weight excluding hydrogens is 292 g/mol. The number of aryl methyl sites for hydroxylation is 1. The van der Waals surface area contributed by atoms with E-state index in [9.17, 15) is 4.79 Å². The van der Waals surface area contributed by atoms with Crippen molar-refractivity contribution in [2.75, 3.05) is 32.8 Å². The summed E-state index contributed by atoms with van der Waals surface area (Å²) >= 11 is 0. The van der Waals surface area contributed by atoms with Crippen LogP contribution in [-0.2, 0) is 16.1 Å². The van der Waals surface area contributed by atoms with Crippen LogP contribution in [0.25, 0.3) is 0 Å². The van der Waals surface area contributed by atoms with Crippen molar-refractivity contribution in [2.45, 2.75) is 39.2 Å². The molecule has 0 bridgehead atoms. The maximum Gasteiger partial charge on any atom is 0.230 e. The van der Waals surface area contributed by atoms with Crippen LogP contribution < -0.4 is 5.73 Å². The number of likely N-dealkylation sites (tertiary alicyclic amines) is 1. The average molecular weight is 320 g/mol. The number of hydrogen-bond donors (Lipinski definition) is 1. The van der Waals surface area contributed by atoms with E-state index in [1.165, 1.54) is 5.56 Å². The second-order valence-corrected chi connectivity index (χ2v) is 7.07. The number of ether oxygens (including phenoxy) is 1. The lowest BCUT2D eigenvalue weighted by Gasteiger charge is -2.41. The standard InChI is InChI=1S/C17H28N4O2/c1-14-10-19-21(11-14)12-15-2-6-20(7-3-15)16(22)17(13-18)4-8-23-9-5-17/h10-11,15H,2-9,12-13,18H2,1H3. The topological polar surface area (TPSA) is 73.4 Å². The van der Waals surface area contributed by atoms with Gasteiger partial charge in [0.2, 0.25) is 5.91 Å². The minimum atomic E-state index is -0.385. The minimum absolute atomic E-state index is 0.247. The van der Waals surface area contributed by atoms with Gasteiger partial charge in [-0.05, 0) is 44.1 Å². The zero-order valence-corrected chi connectivity index (χ0v) is 14.0. The fraction of sp³-hybridized carbons (Fsp3) is 0.765. The summed E-state index contributed by atoms with van der Waals surface area (Å²) in [6.07, 6.45) is 7.59. The Hall–Kier alpha value is -1.40. The van der Waals surface area contributed by atoms with Crippen molar-refractivity contribution >= 4 is 5.91 Å². The predicted octanol–water partition coefficient (Wildman–Crippen LogP) is 1.19. The van der Waals surface area contributed by atoms with Crippen LogP contribution in [0.3, 0.4) is 0 Å². The van der Waals surface area contributed by atoms with Crippen LogP contribution in [0, 0.1) is 18.3 Å². The molecule has 2 aliphatic heterocycles. The van der Waals surface area contributed by atoms with Crippen molar-refractivity contribution in [2.24, 2.45) is 17.1 Å². The summed E-state index contributed by atoms with van der Waals surface area (Å²) in [4.78, 5) is 15.0. The van der Waals surface area contributed by atoms with Crippen molar-refractivity contribution in [1.29, 1.82) is 0 Å². The lowest BCUT2D eigenvalue weighted by molar-refractivity contribution is -0.148. The van der Waals surface area contributed by atoms with E-state index >= 15 is 0 Å². The van der Waals surface area contributed by atoms with Gasteiger partial charge in [0.15, 0.2) is 0 Å². The summed E-state index contributed by atoms with van der Waals surface area (Å²) < 4.78 is 7.44. The normalized spacial score (nSPS) is 22.3. The molecule has 0 aliphatic carbocycles. The van der Waals surface area contributed by atoms with Gasteiger partial charge in [-0.3, -0.25) is 9.48 Å². The number of hydrogen-bond acceptors (Lipinski definition) is 4. The summed E-state index contributed by atoms with van der Waals surface area (Å²) in [5.41, 5.74) is 6.77. The third kappa shape index (κ3) is 3.58. The first kappa shape index (κ1) is 16.5. The Bertz CT molecular complexity index is 528. The van der Waals surface area contributed by atoms with Gasteiger partial charge in [-0.15, -0.1) is 0 Å². The van der Waals surface area contributed by atoms with E-state index in [2.05, 4.69) is 18.2 Å². The molecule has 1 aromatic heterocycles. The Balaban J connectivity index is 1.54. The molecule has 3 heterocycles. The van der Waals surface area contributed by atoms with Gasteiger partial charge in [-0.1, -0.05) is 0 Å². The number of aromatic nitrogens is 2. The van der Waals surface area contributed by atoms with Gasteiger partial charge < -0.3 is 15.4 Å². The van der Waals surface area contributed by atoms with E-state index in [1.54, 1.807) is 0 Å². The van der Waals surface area contributed by atoms with Crippen molar-refractivity contribution in [3.63, 3.8) is 0 Å². The molecule has 2 fully saturated rings. The van der Waals surface area contributed by atoms with Gasteiger partial charge in [0.05, 0.1) is 11.6 Å². The number of carbonyl (C=O) groups is 1. The van der Waals surface area contributed by atoms with E-state index in [0.29, 0.717) is 25.7 Å². The van der Waals surface area contributed by atoms with E-state index < -0.39 is 0 Å². The minimum Gasteiger partial charge on any atom is -0.381 e. The Morgan fingerprint density at radius 1 is 1.39 bits per heavy atom. The first-order valence-corrected chi connectivity index (χ1v) is 8.69. The van der Waals surface area contributed by atoms with E-state index in [0.717, 1.165) is 45.3 Å². The van der Waals surface area contributed by atoms with E-state index in [1.807, 2.05) is 15.8 Å². The fourth-order valence-electron chi connectivity index (χ4n) is 3.75. The van der Waals surface area contributed by atoms with Crippen LogP contribution in [0.5, 0.6) is 0 Å². The van der Waals surface area contributed by atoms with Crippen molar-refractivity contribution in [1.82, 2.24) is 14.7 Å². The molecule has 0 spiro atoms. The third-order valence-corrected chi connectivity index (χ3v) is 5.40. The molecule has 1 aromatic rings. The molecular formula is C17H28N4O2. The lowest BCUT2D eigenvalue weighted by Crippen LogP contribution is -2.52. The molecule has 0 unspecified atom stereocenters. The number of amides is 1. The molecule has 0 atom stereocenters. The highest BCUT2D eigenvalue weighted by Gasteiger charge is 2.42. The average Bonchev–Trinajstić information content (AvgIpc) is 3.00. The van der Waals surface area contributed by atoms with Crippen LogP contribution in [0.1, 0.15) is 31.2 Å². The molecule has 23 heavy (non-hydrogen) atoms. The van der Waals surface area contributed by atoms with Crippen LogP contribution in [-0.4, -0.2) is 53.4 Å². The monoisotopic (exact) mass is 320 g/mol. The van der Waals surface area contributed by atoms with Crippen molar-refractivity contribution in [3.8, 4) is 0 Å². The van der Waals surface area contributed by atoms with Crippen molar-refractivity contribution < 1.29 is 9.53 Å². The van der Waals surface area contributed by atoms with Crippen LogP contribution in [0.15, 0.2) is 12.4 Å².